The van der Waals surface area contributed by atoms with Gasteiger partial charge in [0.2, 0.25) is 11.8 Å². The second-order valence-corrected chi connectivity index (χ2v) is 4.11. The standard InChI is InChI=1S/C12H13FN2O2/c1-7-5-11(16)15(12(7)17)10-4-2-3-9(13)8(10)6-14/h2-4,7H,5-6,14H2,1H3. The maximum atomic E-state index is 13.5. The largest absolute Gasteiger partial charge is 0.326 e. The Morgan fingerprint density at radius 1 is 1.47 bits per heavy atom. The van der Waals surface area contributed by atoms with Gasteiger partial charge in [0.15, 0.2) is 0 Å². The summed E-state index contributed by atoms with van der Waals surface area (Å²) in [6.07, 6.45) is 0.166. The Morgan fingerprint density at radius 3 is 2.71 bits per heavy atom. The highest BCUT2D eigenvalue weighted by Crippen LogP contribution is 2.30. The van der Waals surface area contributed by atoms with Gasteiger partial charge in [-0.1, -0.05) is 13.0 Å². The average molecular weight is 236 g/mol. The van der Waals surface area contributed by atoms with Gasteiger partial charge in [0, 0.05) is 24.4 Å². The molecular weight excluding hydrogens is 223 g/mol. The number of halogens is 1. The predicted octanol–water partition coefficient (Wildman–Crippen LogP) is 1.18. The fourth-order valence-electron chi connectivity index (χ4n) is 2.00. The summed E-state index contributed by atoms with van der Waals surface area (Å²) in [6.45, 7) is 1.63. The van der Waals surface area contributed by atoms with E-state index in [-0.39, 0.29) is 41.9 Å². The first-order chi connectivity index (χ1) is 8.06. The van der Waals surface area contributed by atoms with Gasteiger partial charge in [0.05, 0.1) is 5.69 Å². The zero-order valence-electron chi connectivity index (χ0n) is 9.44. The van der Waals surface area contributed by atoms with Crippen LogP contribution in [-0.4, -0.2) is 11.8 Å². The number of amides is 2. The molecule has 0 aliphatic carbocycles. The van der Waals surface area contributed by atoms with Gasteiger partial charge < -0.3 is 5.73 Å². The van der Waals surface area contributed by atoms with Crippen LogP contribution in [0.4, 0.5) is 10.1 Å². The number of nitrogens with two attached hydrogens (primary N) is 1. The molecule has 1 saturated heterocycles. The number of carbonyl (C=O) groups is 2. The molecule has 4 nitrogen and oxygen atoms in total. The summed E-state index contributed by atoms with van der Waals surface area (Å²) in [6, 6.07) is 4.27. The highest BCUT2D eigenvalue weighted by Gasteiger charge is 2.37. The minimum Gasteiger partial charge on any atom is -0.326 e. The molecule has 0 spiro atoms. The number of nitrogens with zero attached hydrogens (tertiary/aromatic N) is 1. The zero-order valence-corrected chi connectivity index (χ0v) is 9.44. The number of hydrogen-bond donors (Lipinski definition) is 1. The van der Waals surface area contributed by atoms with E-state index in [2.05, 4.69) is 0 Å². The topological polar surface area (TPSA) is 63.4 Å². The number of imide groups is 1. The molecule has 1 atom stereocenters. The predicted molar refractivity (Wildman–Crippen MR) is 60.6 cm³/mol. The minimum atomic E-state index is -0.495. The Hall–Kier alpha value is -1.75. The van der Waals surface area contributed by atoms with E-state index in [0.29, 0.717) is 0 Å². The third-order valence-electron chi connectivity index (χ3n) is 2.91. The van der Waals surface area contributed by atoms with Crippen molar-refractivity contribution in [2.45, 2.75) is 19.9 Å². The quantitative estimate of drug-likeness (QED) is 0.784. The SMILES string of the molecule is CC1CC(=O)N(c2cccc(F)c2CN)C1=O. The van der Waals surface area contributed by atoms with Crippen molar-refractivity contribution in [1.29, 1.82) is 0 Å². The van der Waals surface area contributed by atoms with Gasteiger partial charge in [-0.05, 0) is 12.1 Å². The number of rotatable bonds is 2. The van der Waals surface area contributed by atoms with Gasteiger partial charge in [-0.25, -0.2) is 9.29 Å². The van der Waals surface area contributed by atoms with E-state index in [4.69, 9.17) is 5.73 Å². The molecule has 2 rings (SSSR count). The minimum absolute atomic E-state index is 0.0482. The van der Waals surface area contributed by atoms with Crippen LogP contribution in [-0.2, 0) is 16.1 Å². The van der Waals surface area contributed by atoms with Gasteiger partial charge in [-0.15, -0.1) is 0 Å². The molecule has 17 heavy (non-hydrogen) atoms. The Balaban J connectivity index is 2.51. The van der Waals surface area contributed by atoms with Crippen molar-refractivity contribution in [3.05, 3.63) is 29.6 Å². The highest BCUT2D eigenvalue weighted by molar-refractivity contribution is 6.21. The summed E-state index contributed by atoms with van der Waals surface area (Å²) in [5.41, 5.74) is 5.92. The van der Waals surface area contributed by atoms with Crippen molar-refractivity contribution in [1.82, 2.24) is 0 Å². The normalized spacial score (nSPS) is 20.2. The van der Waals surface area contributed by atoms with Crippen LogP contribution in [0.5, 0.6) is 0 Å². The van der Waals surface area contributed by atoms with Crippen molar-refractivity contribution >= 4 is 17.5 Å². The molecule has 2 amide bonds. The number of benzene rings is 1. The summed E-state index contributed by atoms with van der Waals surface area (Å²) in [7, 11) is 0. The Labute approximate surface area is 98.2 Å². The van der Waals surface area contributed by atoms with Crippen molar-refractivity contribution < 1.29 is 14.0 Å². The Kier molecular flexibility index (Phi) is 2.93. The van der Waals surface area contributed by atoms with E-state index in [9.17, 15) is 14.0 Å². The molecule has 1 unspecified atom stereocenters. The van der Waals surface area contributed by atoms with Crippen molar-refractivity contribution in [2.75, 3.05) is 4.90 Å². The fourth-order valence-corrected chi connectivity index (χ4v) is 2.00. The van der Waals surface area contributed by atoms with Gasteiger partial charge in [0.1, 0.15) is 5.82 Å². The molecule has 90 valence electrons. The van der Waals surface area contributed by atoms with Crippen LogP contribution < -0.4 is 10.6 Å². The summed E-state index contributed by atoms with van der Waals surface area (Å²) in [5.74, 6) is -1.44. The van der Waals surface area contributed by atoms with E-state index >= 15 is 0 Å². The van der Waals surface area contributed by atoms with Gasteiger partial charge >= 0.3 is 0 Å². The molecule has 1 fully saturated rings. The first-order valence-electron chi connectivity index (χ1n) is 5.40. The second-order valence-electron chi connectivity index (χ2n) is 4.11. The van der Waals surface area contributed by atoms with Crippen LogP contribution in [0.3, 0.4) is 0 Å². The number of hydrogen-bond acceptors (Lipinski definition) is 3. The van der Waals surface area contributed by atoms with Crippen molar-refractivity contribution in [2.24, 2.45) is 11.7 Å². The van der Waals surface area contributed by atoms with Crippen molar-refractivity contribution in [3.63, 3.8) is 0 Å². The van der Waals surface area contributed by atoms with E-state index in [1.165, 1.54) is 12.1 Å². The van der Waals surface area contributed by atoms with Gasteiger partial charge in [-0.2, -0.15) is 0 Å². The number of anilines is 1. The van der Waals surface area contributed by atoms with E-state index in [0.717, 1.165) is 4.90 Å². The van der Waals surface area contributed by atoms with E-state index < -0.39 is 5.82 Å². The van der Waals surface area contributed by atoms with Gasteiger partial charge in [-0.3, -0.25) is 9.59 Å². The van der Waals surface area contributed by atoms with Crippen molar-refractivity contribution in [3.8, 4) is 0 Å². The van der Waals surface area contributed by atoms with Crippen LogP contribution in [0.15, 0.2) is 18.2 Å². The fraction of sp³-hybridized carbons (Fsp3) is 0.333. The zero-order chi connectivity index (χ0) is 12.6. The summed E-state index contributed by atoms with van der Waals surface area (Å²) >= 11 is 0. The third kappa shape index (κ3) is 1.82. The van der Waals surface area contributed by atoms with Crippen LogP contribution in [0.2, 0.25) is 0 Å². The molecule has 0 radical (unpaired) electrons. The van der Waals surface area contributed by atoms with E-state index in [1.807, 2.05) is 0 Å². The Bertz CT molecular complexity index is 487. The monoisotopic (exact) mass is 236 g/mol. The molecule has 0 saturated carbocycles. The molecule has 1 heterocycles. The molecule has 1 aliphatic heterocycles. The first kappa shape index (κ1) is 11.7. The lowest BCUT2D eigenvalue weighted by atomic mass is 10.1. The van der Waals surface area contributed by atoms with Crippen LogP contribution >= 0.6 is 0 Å². The molecule has 1 aromatic carbocycles. The summed E-state index contributed by atoms with van der Waals surface area (Å²) in [4.78, 5) is 24.6. The lowest BCUT2D eigenvalue weighted by molar-refractivity contribution is -0.122. The number of carbonyl (C=O) groups excluding carboxylic acids is 2. The second kappa shape index (κ2) is 4.25. The lowest BCUT2D eigenvalue weighted by Crippen LogP contribution is -2.31. The smallest absolute Gasteiger partial charge is 0.237 e. The van der Waals surface area contributed by atoms with Crippen LogP contribution in [0.1, 0.15) is 18.9 Å². The van der Waals surface area contributed by atoms with Crippen LogP contribution in [0.25, 0.3) is 0 Å². The highest BCUT2D eigenvalue weighted by atomic mass is 19.1. The Morgan fingerprint density at radius 2 is 2.18 bits per heavy atom. The molecule has 0 bridgehead atoms. The molecular formula is C12H13FN2O2. The van der Waals surface area contributed by atoms with Gasteiger partial charge in [0.25, 0.3) is 0 Å². The maximum absolute atomic E-state index is 13.5. The van der Waals surface area contributed by atoms with E-state index in [1.54, 1.807) is 13.0 Å². The summed E-state index contributed by atoms with van der Waals surface area (Å²) < 4.78 is 13.5. The molecule has 2 N–H and O–H groups in total. The molecule has 1 aliphatic rings. The molecule has 0 aromatic heterocycles. The first-order valence-corrected chi connectivity index (χ1v) is 5.40. The third-order valence-corrected chi connectivity index (χ3v) is 2.91. The molecule has 1 aromatic rings. The molecule has 5 heteroatoms. The lowest BCUT2D eigenvalue weighted by Gasteiger charge is -2.18. The summed E-state index contributed by atoms with van der Waals surface area (Å²) in [5, 5.41) is 0. The maximum Gasteiger partial charge on any atom is 0.237 e. The van der Waals surface area contributed by atoms with Crippen LogP contribution in [0, 0.1) is 11.7 Å². The average Bonchev–Trinajstić information content (AvgIpc) is 2.53.